The summed E-state index contributed by atoms with van der Waals surface area (Å²) in [5.41, 5.74) is -0.265. The number of benzene rings is 2. The van der Waals surface area contributed by atoms with Crippen molar-refractivity contribution in [3.8, 4) is 28.6 Å². The average Bonchev–Trinajstić information content (AvgIpc) is 2.77. The number of ether oxygens (including phenoxy) is 2. The zero-order valence-corrected chi connectivity index (χ0v) is 16.2. The molecule has 1 saturated heterocycles. The molecule has 1 aromatic heterocycles. The van der Waals surface area contributed by atoms with Crippen molar-refractivity contribution >= 4 is 40.0 Å². The van der Waals surface area contributed by atoms with Gasteiger partial charge in [0, 0.05) is 17.7 Å². The van der Waals surface area contributed by atoms with E-state index in [0.29, 0.717) is 5.56 Å². The smallest absolute Gasteiger partial charge is 0.335 e. The molecule has 3 aromatic rings. The number of phenols is 2. The lowest BCUT2D eigenvalue weighted by molar-refractivity contribution is -0.271. The van der Waals surface area contributed by atoms with Crippen LogP contribution >= 0.6 is 0 Å². The van der Waals surface area contributed by atoms with Crippen molar-refractivity contribution in [2.24, 2.45) is 0 Å². The monoisotopic (exact) mass is 472 g/mol. The van der Waals surface area contributed by atoms with Gasteiger partial charge in [0.25, 0.3) is 0 Å². The lowest BCUT2D eigenvalue weighted by atomic mass is 9.99. The molecule has 5 atom stereocenters. The molecule has 1 fully saturated rings. The van der Waals surface area contributed by atoms with E-state index in [9.17, 15) is 35.1 Å². The molecule has 1 aliphatic heterocycles. The predicted octanol–water partition coefficient (Wildman–Crippen LogP) is -0.774. The van der Waals surface area contributed by atoms with Gasteiger partial charge < -0.3 is 44.5 Å². The number of carboxylic acid groups (broad SMARTS) is 1. The first-order valence-corrected chi connectivity index (χ1v) is 9.36. The number of carbonyl (C=O) groups is 1. The normalized spacial score (nSPS) is 24.8. The Morgan fingerprint density at radius 1 is 0.939 bits per heavy atom. The number of aliphatic carboxylic acids is 1. The Kier molecular flexibility index (Phi) is 7.16. The van der Waals surface area contributed by atoms with E-state index in [1.807, 2.05) is 0 Å². The molecule has 0 radical (unpaired) electrons. The highest BCUT2D eigenvalue weighted by Crippen LogP contribution is 2.42. The van der Waals surface area contributed by atoms with Gasteiger partial charge in [0.2, 0.25) is 12.0 Å². The summed E-state index contributed by atoms with van der Waals surface area (Å²) >= 11 is 0. The molecule has 6 N–H and O–H groups in total. The number of carboxylic acids is 1. The van der Waals surface area contributed by atoms with Gasteiger partial charge in [0.1, 0.15) is 35.0 Å². The van der Waals surface area contributed by atoms with Crippen LogP contribution in [0, 0.1) is 0 Å². The Bertz CT molecular complexity index is 1230. The van der Waals surface area contributed by atoms with E-state index >= 15 is 0 Å². The molecule has 4 rings (SSSR count). The summed E-state index contributed by atoms with van der Waals surface area (Å²) < 4.78 is 16.0. The summed E-state index contributed by atoms with van der Waals surface area (Å²) in [6.45, 7) is 0. The van der Waals surface area contributed by atoms with E-state index in [1.165, 1.54) is 0 Å². The summed E-state index contributed by atoms with van der Waals surface area (Å²) in [6, 6.07) is 10.8. The van der Waals surface area contributed by atoms with E-state index in [4.69, 9.17) is 19.0 Å². The standard InChI is InChI=1S/C21H18O11.Mg.2H/c22-9-6-10(8-4-2-1-3-5-8)30-11-7-12(14(23)15(24)13(9)11)31-21-18(27)16(25)17(26)19(32-21)20(28)29;;;/h1-7,16-19,21,23-27H,(H,28,29);;;/t16-,17-,18+,19-,21-;;;/m0.../s1. The molecule has 0 aliphatic carbocycles. The summed E-state index contributed by atoms with van der Waals surface area (Å²) in [5.74, 6) is -3.76. The van der Waals surface area contributed by atoms with Gasteiger partial charge in [-0.3, -0.25) is 4.79 Å². The maximum atomic E-state index is 12.5. The van der Waals surface area contributed by atoms with Crippen molar-refractivity contribution in [1.29, 1.82) is 0 Å². The van der Waals surface area contributed by atoms with Crippen LogP contribution in [0.1, 0.15) is 0 Å². The second kappa shape index (κ2) is 9.55. The molecule has 0 amide bonds. The molecule has 2 heterocycles. The number of hydrogen-bond donors (Lipinski definition) is 6. The van der Waals surface area contributed by atoms with E-state index in [2.05, 4.69) is 0 Å². The van der Waals surface area contributed by atoms with Crippen LogP contribution in [0.5, 0.6) is 17.2 Å². The minimum absolute atomic E-state index is 0. The second-order valence-corrected chi connectivity index (χ2v) is 7.14. The number of hydrogen-bond acceptors (Lipinski definition) is 10. The first-order chi connectivity index (χ1) is 15.2. The Labute approximate surface area is 201 Å². The predicted molar refractivity (Wildman–Crippen MR) is 115 cm³/mol. The molecular formula is C21H20MgO11. The van der Waals surface area contributed by atoms with Gasteiger partial charge in [0.05, 0.1) is 0 Å². The number of aliphatic hydroxyl groups is 3. The molecule has 0 saturated carbocycles. The zero-order chi connectivity index (χ0) is 23.2. The van der Waals surface area contributed by atoms with Crippen LogP contribution in [0.4, 0.5) is 0 Å². The molecule has 33 heavy (non-hydrogen) atoms. The minimum Gasteiger partial charge on any atom is -0.504 e. The van der Waals surface area contributed by atoms with Crippen LogP contribution < -0.4 is 10.2 Å². The SMILES string of the molecule is O=C(O)[C@H]1O[C@H](Oc2cc3oc(-c4ccccc4)cc(=O)c3c(O)c2O)[C@H](O)[C@@H](O)[C@@H]1O.[MgH2]. The molecule has 172 valence electrons. The van der Waals surface area contributed by atoms with Crippen molar-refractivity contribution in [3.63, 3.8) is 0 Å². The molecule has 1 aliphatic rings. The van der Waals surface area contributed by atoms with Crippen LogP contribution in [0.25, 0.3) is 22.3 Å². The maximum absolute atomic E-state index is 12.5. The number of rotatable bonds is 4. The molecule has 0 spiro atoms. The van der Waals surface area contributed by atoms with Crippen LogP contribution in [-0.2, 0) is 9.53 Å². The van der Waals surface area contributed by atoms with Crippen LogP contribution in [-0.4, -0.2) is 90.4 Å². The molecule has 2 aromatic carbocycles. The van der Waals surface area contributed by atoms with Gasteiger partial charge in [-0.1, -0.05) is 30.3 Å². The number of phenolic OH excluding ortho intramolecular Hbond substituents is 2. The highest BCUT2D eigenvalue weighted by Gasteiger charge is 2.48. The lowest BCUT2D eigenvalue weighted by Gasteiger charge is -2.38. The molecule has 0 bridgehead atoms. The Hall–Kier alpha value is -2.87. The summed E-state index contributed by atoms with van der Waals surface area (Å²) in [4.78, 5) is 23.8. The van der Waals surface area contributed by atoms with Crippen molar-refractivity contribution in [1.82, 2.24) is 0 Å². The summed E-state index contributed by atoms with van der Waals surface area (Å²) in [6.07, 6.45) is -9.56. The van der Waals surface area contributed by atoms with Crippen LogP contribution in [0.3, 0.4) is 0 Å². The largest absolute Gasteiger partial charge is 0.504 e. The molecule has 0 unspecified atom stereocenters. The van der Waals surface area contributed by atoms with E-state index in [-0.39, 0.29) is 39.8 Å². The third-order valence-corrected chi connectivity index (χ3v) is 5.05. The fraction of sp³-hybridized carbons (Fsp3) is 0.238. The average molecular weight is 473 g/mol. The summed E-state index contributed by atoms with van der Waals surface area (Å²) in [7, 11) is 0. The third kappa shape index (κ3) is 4.49. The molecule has 11 nitrogen and oxygen atoms in total. The van der Waals surface area contributed by atoms with Gasteiger partial charge >= 0.3 is 29.0 Å². The lowest BCUT2D eigenvalue weighted by Crippen LogP contribution is -2.61. The second-order valence-electron chi connectivity index (χ2n) is 7.14. The van der Waals surface area contributed by atoms with Crippen LogP contribution in [0.15, 0.2) is 51.7 Å². The fourth-order valence-electron chi connectivity index (χ4n) is 3.38. The van der Waals surface area contributed by atoms with Crippen LogP contribution in [0.2, 0.25) is 0 Å². The Morgan fingerprint density at radius 2 is 1.61 bits per heavy atom. The van der Waals surface area contributed by atoms with E-state index in [1.54, 1.807) is 30.3 Å². The van der Waals surface area contributed by atoms with E-state index in [0.717, 1.165) is 12.1 Å². The zero-order valence-electron chi connectivity index (χ0n) is 16.2. The summed E-state index contributed by atoms with van der Waals surface area (Å²) in [5, 5.41) is 59.2. The van der Waals surface area contributed by atoms with E-state index < -0.39 is 59.4 Å². The van der Waals surface area contributed by atoms with Crippen molar-refractivity contribution in [2.75, 3.05) is 0 Å². The fourth-order valence-corrected chi connectivity index (χ4v) is 3.38. The number of aromatic hydroxyl groups is 2. The van der Waals surface area contributed by atoms with Gasteiger partial charge in [-0.25, -0.2) is 4.79 Å². The quantitative estimate of drug-likeness (QED) is 0.207. The topological polar surface area (TPSA) is 187 Å². The van der Waals surface area contributed by atoms with Crippen molar-refractivity contribution in [2.45, 2.75) is 30.7 Å². The maximum Gasteiger partial charge on any atom is 0.335 e. The third-order valence-electron chi connectivity index (χ3n) is 5.05. The highest BCUT2D eigenvalue weighted by atomic mass is 24.3. The van der Waals surface area contributed by atoms with Gasteiger partial charge in [0.15, 0.2) is 23.0 Å². The Balaban J connectivity index is 0.00000306. The highest BCUT2D eigenvalue weighted by molar-refractivity contribution is 5.89. The number of aliphatic hydroxyl groups excluding tert-OH is 3. The van der Waals surface area contributed by atoms with Gasteiger partial charge in [-0.05, 0) is 0 Å². The van der Waals surface area contributed by atoms with Gasteiger partial charge in [-0.15, -0.1) is 0 Å². The number of fused-ring (bicyclic) bond motifs is 1. The first-order valence-electron chi connectivity index (χ1n) is 9.36. The first kappa shape index (κ1) is 24.8. The Morgan fingerprint density at radius 3 is 2.24 bits per heavy atom. The minimum atomic E-state index is -1.94. The van der Waals surface area contributed by atoms with Crippen molar-refractivity contribution in [3.05, 3.63) is 52.7 Å². The van der Waals surface area contributed by atoms with Crippen molar-refractivity contribution < 1.29 is 49.3 Å². The molecule has 12 heteroatoms. The molecular weight excluding hydrogens is 453 g/mol. The van der Waals surface area contributed by atoms with Gasteiger partial charge in [-0.2, -0.15) is 0 Å².